The molecule has 0 spiro atoms. The third-order valence-electron chi connectivity index (χ3n) is 10.1. The number of amides is 3. The molecule has 1 aromatic rings. The number of rotatable bonds is 12. The molecule has 0 aromatic heterocycles. The van der Waals surface area contributed by atoms with E-state index in [1.54, 1.807) is 17.1 Å². The summed E-state index contributed by atoms with van der Waals surface area (Å²) >= 11 is 0. The first-order valence-corrected chi connectivity index (χ1v) is 17.0. The van der Waals surface area contributed by atoms with Crippen molar-refractivity contribution < 1.29 is 28.8 Å². The third-order valence-corrected chi connectivity index (χ3v) is 10.1. The number of nitrogens with one attached hydrogen (secondary N) is 2. The van der Waals surface area contributed by atoms with Gasteiger partial charge in [0.2, 0.25) is 17.7 Å². The molecule has 3 aliphatic heterocycles. The maximum absolute atomic E-state index is 14.1. The number of hydroxylamine groups is 1. The summed E-state index contributed by atoms with van der Waals surface area (Å²) in [6.07, 6.45) is 6.98. The van der Waals surface area contributed by atoms with Crippen LogP contribution in [0.4, 0.5) is 5.69 Å². The van der Waals surface area contributed by atoms with Crippen LogP contribution < -0.4 is 15.7 Å². The molecule has 2 unspecified atom stereocenters. The molecule has 0 radical (unpaired) electrons. The highest BCUT2D eigenvalue weighted by molar-refractivity contribution is 5.97. The number of para-hydroxylation sites is 1. The Morgan fingerprint density at radius 2 is 1.78 bits per heavy atom. The highest BCUT2D eigenvalue weighted by atomic mass is 16.7. The molecule has 0 saturated carbocycles. The summed E-state index contributed by atoms with van der Waals surface area (Å²) in [6.45, 7) is 6.77. The van der Waals surface area contributed by atoms with Gasteiger partial charge in [0, 0.05) is 37.6 Å². The topological polar surface area (TPSA) is 125 Å². The van der Waals surface area contributed by atoms with E-state index >= 15 is 0 Å². The second kappa shape index (κ2) is 16.3. The first-order valence-electron chi connectivity index (χ1n) is 17.0. The lowest BCUT2D eigenvalue weighted by Crippen LogP contribution is -2.61. The van der Waals surface area contributed by atoms with E-state index in [0.29, 0.717) is 58.0 Å². The first-order chi connectivity index (χ1) is 21.7. The number of unbranched alkanes of at least 4 members (excludes halogenated alkanes) is 2. The van der Waals surface area contributed by atoms with Gasteiger partial charge in [0.25, 0.3) is 0 Å². The Hall–Kier alpha value is -3.27. The summed E-state index contributed by atoms with van der Waals surface area (Å²) in [5.74, 6) is -1.63. The first kappa shape index (κ1) is 34.6. The molecule has 3 aliphatic rings. The number of hydrogen-bond acceptors (Lipinski definition) is 7. The van der Waals surface area contributed by atoms with Crippen LogP contribution in [0.1, 0.15) is 109 Å². The van der Waals surface area contributed by atoms with Crippen molar-refractivity contribution in [2.75, 3.05) is 25.3 Å². The lowest BCUT2D eigenvalue weighted by molar-refractivity contribution is -0.147. The Balaban J connectivity index is 1.62. The fourth-order valence-corrected chi connectivity index (χ4v) is 7.05. The summed E-state index contributed by atoms with van der Waals surface area (Å²) in [6, 6.07) is 5.60. The van der Waals surface area contributed by atoms with E-state index in [0.717, 1.165) is 36.9 Å². The molecule has 45 heavy (non-hydrogen) atoms. The standard InChI is InChI=1S/C35H52N4O6/c1-5-23(3)32-35(44)38-19-13-12-18-30(38)31(41)21-24(14-8-7-9-15-26(40)6-2)33(42)36-28(34(43)37-32)20-25-22-39(45-4)29-17-11-10-16-27(25)29/h10-11,16-17,23-25,28,30,32H,5-9,12-15,18-22H2,1-4H3,(H,36,42)(H,37,43)/t23?,24-,25?,28+,30-,32+/m1/s1. The summed E-state index contributed by atoms with van der Waals surface area (Å²) in [7, 11) is 1.61. The molecule has 6 atom stereocenters. The molecule has 3 amide bonds. The van der Waals surface area contributed by atoms with E-state index in [9.17, 15) is 24.0 Å². The van der Waals surface area contributed by atoms with Gasteiger partial charge in [-0.05, 0) is 56.1 Å². The smallest absolute Gasteiger partial charge is 0.246 e. The third kappa shape index (κ3) is 8.51. The fraction of sp³-hybridized carbons (Fsp3) is 0.686. The predicted molar refractivity (Wildman–Crippen MR) is 172 cm³/mol. The Kier molecular flexibility index (Phi) is 12.6. The van der Waals surface area contributed by atoms with Crippen molar-refractivity contribution in [1.82, 2.24) is 15.5 Å². The van der Waals surface area contributed by atoms with Gasteiger partial charge in [0.1, 0.15) is 17.9 Å². The average Bonchev–Trinajstić information content (AvgIpc) is 3.41. The minimum atomic E-state index is -0.900. The van der Waals surface area contributed by atoms with Crippen molar-refractivity contribution in [2.24, 2.45) is 11.8 Å². The van der Waals surface area contributed by atoms with Crippen LogP contribution in [0.2, 0.25) is 0 Å². The summed E-state index contributed by atoms with van der Waals surface area (Å²) < 4.78 is 0. The Morgan fingerprint density at radius 1 is 1.00 bits per heavy atom. The number of nitrogens with zero attached hydrogens (tertiary/aromatic N) is 2. The second-order valence-electron chi connectivity index (χ2n) is 13.1. The van der Waals surface area contributed by atoms with Crippen LogP contribution in [0.25, 0.3) is 0 Å². The maximum atomic E-state index is 14.1. The van der Waals surface area contributed by atoms with Gasteiger partial charge in [0.05, 0.1) is 25.4 Å². The van der Waals surface area contributed by atoms with Crippen molar-refractivity contribution in [3.63, 3.8) is 0 Å². The fourth-order valence-electron chi connectivity index (χ4n) is 7.05. The van der Waals surface area contributed by atoms with Crippen LogP contribution in [0.15, 0.2) is 24.3 Å². The van der Waals surface area contributed by atoms with E-state index < -0.39 is 24.0 Å². The predicted octanol–water partition coefficient (Wildman–Crippen LogP) is 4.46. The molecule has 2 saturated heterocycles. The van der Waals surface area contributed by atoms with Crippen LogP contribution in [-0.4, -0.2) is 72.5 Å². The molecule has 1 aromatic carbocycles. The van der Waals surface area contributed by atoms with Gasteiger partial charge in [-0.3, -0.25) is 33.9 Å². The van der Waals surface area contributed by atoms with Gasteiger partial charge in [-0.2, -0.15) is 0 Å². The van der Waals surface area contributed by atoms with Crippen LogP contribution in [-0.2, 0) is 28.8 Å². The Labute approximate surface area is 267 Å². The van der Waals surface area contributed by atoms with Crippen molar-refractivity contribution in [1.29, 1.82) is 0 Å². The van der Waals surface area contributed by atoms with Crippen LogP contribution in [0.3, 0.4) is 0 Å². The number of fused-ring (bicyclic) bond motifs is 2. The zero-order valence-corrected chi connectivity index (χ0v) is 27.5. The highest BCUT2D eigenvalue weighted by Crippen LogP contribution is 2.38. The number of benzene rings is 1. The summed E-state index contributed by atoms with van der Waals surface area (Å²) in [4.78, 5) is 75.0. The van der Waals surface area contributed by atoms with Gasteiger partial charge in [-0.1, -0.05) is 58.2 Å². The number of hydrogen-bond donors (Lipinski definition) is 2. The number of ketones is 2. The molecular weight excluding hydrogens is 572 g/mol. The number of Topliss-reactive ketones (excluding diaryl/α,β-unsaturated/α-hetero) is 2. The monoisotopic (exact) mass is 624 g/mol. The van der Waals surface area contributed by atoms with Crippen molar-refractivity contribution in [2.45, 2.75) is 122 Å². The van der Waals surface area contributed by atoms with E-state index in [4.69, 9.17) is 4.84 Å². The largest absolute Gasteiger partial charge is 0.344 e. The molecule has 4 rings (SSSR count). The van der Waals surface area contributed by atoms with Gasteiger partial charge in [-0.25, -0.2) is 0 Å². The summed E-state index contributed by atoms with van der Waals surface area (Å²) in [5.41, 5.74) is 1.96. The lowest BCUT2D eigenvalue weighted by atomic mass is 9.86. The van der Waals surface area contributed by atoms with Crippen LogP contribution in [0, 0.1) is 11.8 Å². The van der Waals surface area contributed by atoms with E-state index in [-0.39, 0.29) is 47.5 Å². The molecule has 0 aliphatic carbocycles. The maximum Gasteiger partial charge on any atom is 0.246 e. The average molecular weight is 625 g/mol. The van der Waals surface area contributed by atoms with E-state index in [2.05, 4.69) is 10.6 Å². The molecule has 0 bridgehead atoms. The Morgan fingerprint density at radius 3 is 2.51 bits per heavy atom. The van der Waals surface area contributed by atoms with Crippen LogP contribution in [0.5, 0.6) is 0 Å². The molecule has 248 valence electrons. The molecule has 2 N–H and O–H groups in total. The zero-order valence-electron chi connectivity index (χ0n) is 27.5. The van der Waals surface area contributed by atoms with E-state index in [1.807, 2.05) is 45.0 Å². The minimum absolute atomic E-state index is 0.0280. The van der Waals surface area contributed by atoms with Crippen molar-refractivity contribution >= 4 is 35.0 Å². The van der Waals surface area contributed by atoms with E-state index in [1.165, 1.54) is 0 Å². The molecule has 2 fully saturated rings. The van der Waals surface area contributed by atoms with Gasteiger partial charge in [0.15, 0.2) is 5.78 Å². The molecular formula is C35H52N4O6. The van der Waals surface area contributed by atoms with Crippen molar-refractivity contribution in [3.05, 3.63) is 29.8 Å². The number of anilines is 1. The summed E-state index contributed by atoms with van der Waals surface area (Å²) in [5, 5.41) is 7.87. The van der Waals surface area contributed by atoms with Gasteiger partial charge < -0.3 is 15.5 Å². The van der Waals surface area contributed by atoms with Gasteiger partial charge >= 0.3 is 0 Å². The number of carbonyl (C=O) groups is 5. The molecule has 3 heterocycles. The highest BCUT2D eigenvalue weighted by Gasteiger charge is 2.42. The Bertz CT molecular complexity index is 1220. The van der Waals surface area contributed by atoms with Crippen LogP contribution >= 0.6 is 0 Å². The SMILES string of the molecule is CCC(=O)CCCCC[C@@H]1CC(=O)[C@H]2CCCCN2C(=O)[C@H](C(C)CC)NC(=O)[C@H](CC2CN(OC)c3ccccc32)NC1=O. The van der Waals surface area contributed by atoms with Crippen molar-refractivity contribution in [3.8, 4) is 0 Å². The number of piperidine rings is 1. The van der Waals surface area contributed by atoms with Gasteiger partial charge in [-0.15, -0.1) is 0 Å². The molecule has 10 heteroatoms. The minimum Gasteiger partial charge on any atom is -0.344 e. The normalized spacial score (nSPS) is 26.7. The second-order valence-corrected chi connectivity index (χ2v) is 13.1. The zero-order chi connectivity index (χ0) is 32.5. The lowest BCUT2D eigenvalue weighted by Gasteiger charge is -2.39. The number of carbonyl (C=O) groups excluding carboxylic acids is 5. The quantitative estimate of drug-likeness (QED) is 0.329. The molecule has 10 nitrogen and oxygen atoms in total.